The van der Waals surface area contributed by atoms with Crippen LogP contribution in [0.3, 0.4) is 0 Å². The van der Waals surface area contributed by atoms with Crippen molar-refractivity contribution in [2.75, 3.05) is 6.61 Å². The van der Waals surface area contributed by atoms with Gasteiger partial charge in [0, 0.05) is 23.1 Å². The zero-order chi connectivity index (χ0) is 18.4. The molecule has 0 heterocycles. The number of esters is 1. The molecule has 0 aromatic heterocycles. The summed E-state index contributed by atoms with van der Waals surface area (Å²) in [6.45, 7) is 3.15. The lowest BCUT2D eigenvalue weighted by molar-refractivity contribution is -0.141. The highest BCUT2D eigenvalue weighted by molar-refractivity contribution is 5.88. The van der Waals surface area contributed by atoms with Gasteiger partial charge in [0.1, 0.15) is 24.4 Å². The predicted octanol–water partition coefficient (Wildman–Crippen LogP) is 1.58. The molecule has 0 saturated carbocycles. The van der Waals surface area contributed by atoms with E-state index in [4.69, 9.17) is 4.74 Å². The van der Waals surface area contributed by atoms with Gasteiger partial charge in [0.15, 0.2) is 0 Å². The van der Waals surface area contributed by atoms with Crippen LogP contribution in [0.2, 0.25) is 0 Å². The van der Waals surface area contributed by atoms with E-state index < -0.39 is 24.6 Å². The summed E-state index contributed by atoms with van der Waals surface area (Å²) in [5.74, 6) is -1.09. The van der Waals surface area contributed by atoms with Crippen molar-refractivity contribution in [3.63, 3.8) is 0 Å². The van der Waals surface area contributed by atoms with E-state index in [1.807, 2.05) is 0 Å². The predicted molar refractivity (Wildman–Crippen MR) is 90.5 cm³/mol. The molecule has 0 aliphatic heterocycles. The summed E-state index contributed by atoms with van der Waals surface area (Å²) in [4.78, 5) is 34.2. The van der Waals surface area contributed by atoms with Crippen LogP contribution in [-0.4, -0.2) is 41.5 Å². The van der Waals surface area contributed by atoms with E-state index >= 15 is 0 Å². The van der Waals surface area contributed by atoms with Gasteiger partial charge >= 0.3 is 5.97 Å². The van der Waals surface area contributed by atoms with E-state index in [1.54, 1.807) is 12.1 Å². The standard InChI is InChI=1S/C19H18O6/c1-12(9-20)15-8-18(17(11-22)16(15)10-21)25-19(24)7-4-13-2-5-14(23)6-3-13/h2-7,9-10,15,18,22-23H,1,8,11H2/t15-,18+/m0/s1. The molecule has 6 nitrogen and oxygen atoms in total. The summed E-state index contributed by atoms with van der Waals surface area (Å²) < 4.78 is 5.31. The van der Waals surface area contributed by atoms with Gasteiger partial charge in [-0.25, -0.2) is 4.79 Å². The molecule has 0 fully saturated rings. The number of ether oxygens (including phenoxy) is 1. The molecule has 2 N–H and O–H groups in total. The SMILES string of the molecule is C=C(C=O)[C@@H]1C[C@@H](OC(=O)C=Cc2ccc(O)cc2)C(CO)=C1C=O. The molecule has 0 saturated heterocycles. The van der Waals surface area contributed by atoms with Gasteiger partial charge in [0.25, 0.3) is 0 Å². The molecule has 0 amide bonds. The van der Waals surface area contributed by atoms with E-state index in [9.17, 15) is 24.6 Å². The number of phenols is 1. The first-order valence-corrected chi connectivity index (χ1v) is 7.60. The topological polar surface area (TPSA) is 101 Å². The number of benzene rings is 1. The van der Waals surface area contributed by atoms with E-state index in [2.05, 4.69) is 6.58 Å². The van der Waals surface area contributed by atoms with Crippen LogP contribution in [0.5, 0.6) is 5.75 Å². The summed E-state index contributed by atoms with van der Waals surface area (Å²) in [7, 11) is 0. The van der Waals surface area contributed by atoms with Crippen molar-refractivity contribution in [3.8, 4) is 5.75 Å². The second-order valence-electron chi connectivity index (χ2n) is 5.59. The minimum absolute atomic E-state index is 0.117. The van der Waals surface area contributed by atoms with Crippen molar-refractivity contribution in [1.29, 1.82) is 0 Å². The Labute approximate surface area is 144 Å². The molecule has 0 spiro atoms. The van der Waals surface area contributed by atoms with Crippen molar-refractivity contribution in [3.05, 3.63) is 59.2 Å². The summed E-state index contributed by atoms with van der Waals surface area (Å²) in [6, 6.07) is 6.23. The summed E-state index contributed by atoms with van der Waals surface area (Å²) >= 11 is 0. The molecule has 1 aromatic carbocycles. The quantitative estimate of drug-likeness (QED) is 0.443. The van der Waals surface area contributed by atoms with Gasteiger partial charge in [-0.05, 0) is 35.8 Å². The zero-order valence-electron chi connectivity index (χ0n) is 13.4. The van der Waals surface area contributed by atoms with Crippen molar-refractivity contribution in [2.24, 2.45) is 5.92 Å². The van der Waals surface area contributed by atoms with Crippen LogP contribution in [-0.2, 0) is 19.1 Å². The van der Waals surface area contributed by atoms with E-state index in [-0.39, 0.29) is 28.9 Å². The molecule has 6 heteroatoms. The minimum atomic E-state index is -0.788. The Morgan fingerprint density at radius 3 is 2.52 bits per heavy atom. The first kappa shape index (κ1) is 18.4. The second-order valence-corrected chi connectivity index (χ2v) is 5.59. The van der Waals surface area contributed by atoms with Crippen LogP contribution in [0.15, 0.2) is 53.6 Å². The number of aliphatic hydroxyl groups is 1. The molecular weight excluding hydrogens is 324 g/mol. The first-order valence-electron chi connectivity index (χ1n) is 7.60. The maximum Gasteiger partial charge on any atom is 0.331 e. The number of aldehydes is 2. The lowest BCUT2D eigenvalue weighted by Gasteiger charge is -2.14. The number of hydrogen-bond donors (Lipinski definition) is 2. The Morgan fingerprint density at radius 1 is 1.28 bits per heavy atom. The fourth-order valence-electron chi connectivity index (χ4n) is 2.73. The number of carbonyl (C=O) groups is 3. The Balaban J connectivity index is 2.10. The van der Waals surface area contributed by atoms with Crippen molar-refractivity contribution in [1.82, 2.24) is 0 Å². The molecule has 1 aliphatic rings. The Kier molecular flexibility index (Phi) is 6.03. The van der Waals surface area contributed by atoms with Crippen molar-refractivity contribution in [2.45, 2.75) is 12.5 Å². The van der Waals surface area contributed by atoms with Gasteiger partial charge < -0.3 is 14.9 Å². The fraction of sp³-hybridized carbons (Fsp3) is 0.211. The van der Waals surface area contributed by atoms with Gasteiger partial charge in [-0.15, -0.1) is 0 Å². The molecule has 1 aliphatic carbocycles. The summed E-state index contributed by atoms with van der Waals surface area (Å²) in [6.07, 6.45) is 3.25. The average molecular weight is 342 g/mol. The minimum Gasteiger partial charge on any atom is -0.508 e. The number of aliphatic hydroxyl groups excluding tert-OH is 1. The molecule has 0 bridgehead atoms. The van der Waals surface area contributed by atoms with Crippen LogP contribution in [0.4, 0.5) is 0 Å². The third kappa shape index (κ3) is 4.30. The van der Waals surface area contributed by atoms with E-state index in [0.29, 0.717) is 18.1 Å². The number of hydrogen-bond acceptors (Lipinski definition) is 6. The number of rotatable bonds is 7. The number of aromatic hydroxyl groups is 1. The average Bonchev–Trinajstić information content (AvgIpc) is 2.97. The fourth-order valence-corrected chi connectivity index (χ4v) is 2.73. The molecule has 130 valence electrons. The van der Waals surface area contributed by atoms with Crippen LogP contribution in [0.1, 0.15) is 12.0 Å². The molecule has 2 rings (SSSR count). The molecule has 0 unspecified atom stereocenters. The molecule has 25 heavy (non-hydrogen) atoms. The largest absolute Gasteiger partial charge is 0.508 e. The zero-order valence-corrected chi connectivity index (χ0v) is 13.4. The summed E-state index contributed by atoms with van der Waals surface area (Å²) in [5, 5.41) is 18.7. The third-order valence-electron chi connectivity index (χ3n) is 4.04. The summed E-state index contributed by atoms with van der Waals surface area (Å²) in [5.41, 5.74) is 1.42. The van der Waals surface area contributed by atoms with Crippen LogP contribution >= 0.6 is 0 Å². The molecular formula is C19H18O6. The highest BCUT2D eigenvalue weighted by Crippen LogP contribution is 2.36. The van der Waals surface area contributed by atoms with Gasteiger partial charge in [-0.1, -0.05) is 18.7 Å². The lowest BCUT2D eigenvalue weighted by atomic mass is 9.94. The van der Waals surface area contributed by atoms with Crippen molar-refractivity contribution >= 4 is 24.6 Å². The van der Waals surface area contributed by atoms with E-state index in [0.717, 1.165) is 0 Å². The number of allylic oxidation sites excluding steroid dienone is 2. The van der Waals surface area contributed by atoms with Gasteiger partial charge in [0.2, 0.25) is 0 Å². The molecule has 0 radical (unpaired) electrons. The smallest absolute Gasteiger partial charge is 0.331 e. The first-order chi connectivity index (χ1) is 12.0. The van der Waals surface area contributed by atoms with Gasteiger partial charge in [-0.2, -0.15) is 0 Å². The highest BCUT2D eigenvalue weighted by Gasteiger charge is 2.36. The van der Waals surface area contributed by atoms with Gasteiger partial charge in [-0.3, -0.25) is 9.59 Å². The van der Waals surface area contributed by atoms with E-state index in [1.165, 1.54) is 24.3 Å². The highest BCUT2D eigenvalue weighted by atomic mass is 16.5. The number of carbonyl (C=O) groups excluding carboxylic acids is 3. The Bertz CT molecular complexity index is 742. The second kappa shape index (κ2) is 8.21. The maximum absolute atomic E-state index is 12.0. The molecule has 1 aromatic rings. The third-order valence-corrected chi connectivity index (χ3v) is 4.04. The van der Waals surface area contributed by atoms with Crippen molar-refractivity contribution < 1.29 is 29.3 Å². The van der Waals surface area contributed by atoms with Crippen LogP contribution in [0.25, 0.3) is 6.08 Å². The Morgan fingerprint density at radius 2 is 1.96 bits per heavy atom. The monoisotopic (exact) mass is 342 g/mol. The normalized spacial score (nSPS) is 19.9. The van der Waals surface area contributed by atoms with Gasteiger partial charge in [0.05, 0.1) is 6.61 Å². The number of phenolic OH excluding ortho intramolecular Hbond substituents is 1. The van der Waals surface area contributed by atoms with Crippen LogP contribution < -0.4 is 0 Å². The lowest BCUT2D eigenvalue weighted by Crippen LogP contribution is -2.19. The maximum atomic E-state index is 12.0. The molecule has 2 atom stereocenters. The Hall–Kier alpha value is -2.99. The van der Waals surface area contributed by atoms with Crippen LogP contribution in [0, 0.1) is 5.92 Å².